The summed E-state index contributed by atoms with van der Waals surface area (Å²) in [6, 6.07) is 8.16. The van der Waals surface area contributed by atoms with Crippen molar-refractivity contribution in [2.75, 3.05) is 13.3 Å². The Hall–Kier alpha value is -1.57. The number of thioether (sulfide) groups is 1. The van der Waals surface area contributed by atoms with Gasteiger partial charge in [-0.3, -0.25) is 14.9 Å². The molecule has 0 saturated carbocycles. The highest BCUT2D eigenvalue weighted by molar-refractivity contribution is 7.98. The number of benzene rings is 1. The van der Waals surface area contributed by atoms with Gasteiger partial charge in [-0.1, -0.05) is 11.6 Å². The van der Waals surface area contributed by atoms with E-state index in [0.29, 0.717) is 10.9 Å². The van der Waals surface area contributed by atoms with E-state index in [1.54, 1.807) is 25.2 Å². The Balaban J connectivity index is 2.28. The molecule has 8 heteroatoms. The van der Waals surface area contributed by atoms with Crippen LogP contribution in [0.1, 0.15) is 15.2 Å². The van der Waals surface area contributed by atoms with Gasteiger partial charge in [-0.15, -0.1) is 23.1 Å². The highest BCUT2D eigenvalue weighted by Gasteiger charge is 2.23. The number of carbonyl (C=O) groups excluding carboxylic acids is 1. The number of nitrogens with zero attached hydrogens (tertiary/aromatic N) is 2. The van der Waals surface area contributed by atoms with Crippen molar-refractivity contribution in [1.82, 2.24) is 4.90 Å². The second kappa shape index (κ2) is 7.13. The van der Waals surface area contributed by atoms with Gasteiger partial charge in [-0.05, 0) is 30.5 Å². The number of nitro benzene ring substituents is 1. The first-order valence-corrected chi connectivity index (χ1v) is 8.66. The van der Waals surface area contributed by atoms with Gasteiger partial charge in [0.1, 0.15) is 5.56 Å². The maximum atomic E-state index is 12.5. The molecule has 22 heavy (non-hydrogen) atoms. The molecular weight excluding hydrogens is 344 g/mol. The molecule has 0 radical (unpaired) electrons. The van der Waals surface area contributed by atoms with Crippen LogP contribution in [0.2, 0.25) is 4.34 Å². The van der Waals surface area contributed by atoms with Crippen LogP contribution in [0, 0.1) is 10.1 Å². The van der Waals surface area contributed by atoms with Crippen molar-refractivity contribution in [3.05, 3.63) is 55.2 Å². The van der Waals surface area contributed by atoms with Crippen LogP contribution in [0.3, 0.4) is 0 Å². The lowest BCUT2D eigenvalue weighted by Gasteiger charge is -2.16. The zero-order valence-electron chi connectivity index (χ0n) is 11.9. The summed E-state index contributed by atoms with van der Waals surface area (Å²) in [7, 11) is 1.62. The van der Waals surface area contributed by atoms with E-state index in [1.807, 2.05) is 12.3 Å². The van der Waals surface area contributed by atoms with Crippen molar-refractivity contribution in [3.8, 4) is 0 Å². The first-order valence-electron chi connectivity index (χ1n) is 6.24. The normalized spacial score (nSPS) is 10.5. The van der Waals surface area contributed by atoms with Gasteiger partial charge >= 0.3 is 0 Å². The Morgan fingerprint density at radius 2 is 2.14 bits per heavy atom. The fraction of sp³-hybridized carbons (Fsp3) is 0.214. The number of nitro groups is 1. The van der Waals surface area contributed by atoms with Crippen LogP contribution in [-0.2, 0) is 6.54 Å². The Morgan fingerprint density at radius 1 is 1.41 bits per heavy atom. The summed E-state index contributed by atoms with van der Waals surface area (Å²) >= 11 is 8.68. The molecule has 0 atom stereocenters. The molecule has 0 aliphatic heterocycles. The second-order valence-corrected chi connectivity index (χ2v) is 7.19. The zero-order valence-corrected chi connectivity index (χ0v) is 14.3. The van der Waals surface area contributed by atoms with E-state index in [9.17, 15) is 14.9 Å². The molecule has 1 heterocycles. The van der Waals surface area contributed by atoms with Crippen LogP contribution < -0.4 is 0 Å². The number of hydrogen-bond donors (Lipinski definition) is 0. The summed E-state index contributed by atoms with van der Waals surface area (Å²) in [5.41, 5.74) is -0.0825. The molecule has 0 bridgehead atoms. The van der Waals surface area contributed by atoms with Gasteiger partial charge in [0.15, 0.2) is 0 Å². The average molecular weight is 357 g/mol. The number of carbonyl (C=O) groups is 1. The minimum Gasteiger partial charge on any atom is -0.336 e. The Morgan fingerprint density at radius 3 is 2.68 bits per heavy atom. The quantitative estimate of drug-likeness (QED) is 0.455. The molecule has 2 rings (SSSR count). The van der Waals surface area contributed by atoms with Gasteiger partial charge in [-0.2, -0.15) is 0 Å². The smallest absolute Gasteiger partial charge is 0.282 e. The van der Waals surface area contributed by atoms with E-state index in [0.717, 1.165) is 9.77 Å². The molecule has 5 nitrogen and oxygen atoms in total. The summed E-state index contributed by atoms with van der Waals surface area (Å²) in [5, 5.41) is 11.1. The topological polar surface area (TPSA) is 63.5 Å². The summed E-state index contributed by atoms with van der Waals surface area (Å²) in [5.74, 6) is -0.382. The van der Waals surface area contributed by atoms with Crippen LogP contribution >= 0.6 is 34.7 Å². The molecule has 1 aromatic carbocycles. The van der Waals surface area contributed by atoms with E-state index in [-0.39, 0.29) is 17.2 Å². The van der Waals surface area contributed by atoms with Crippen molar-refractivity contribution in [2.24, 2.45) is 0 Å². The molecule has 1 aromatic heterocycles. The van der Waals surface area contributed by atoms with Crippen LogP contribution in [-0.4, -0.2) is 29.0 Å². The minimum absolute atomic E-state index is 0.0991. The van der Waals surface area contributed by atoms with Gasteiger partial charge in [0.2, 0.25) is 0 Å². The molecule has 116 valence electrons. The van der Waals surface area contributed by atoms with Crippen molar-refractivity contribution in [2.45, 2.75) is 11.4 Å². The van der Waals surface area contributed by atoms with E-state index >= 15 is 0 Å². The highest BCUT2D eigenvalue weighted by Crippen LogP contribution is 2.27. The molecule has 0 saturated heterocycles. The molecule has 2 aromatic rings. The molecular formula is C14H13ClN2O3S2. The molecule has 0 unspecified atom stereocenters. The number of hydrogen-bond acceptors (Lipinski definition) is 5. The summed E-state index contributed by atoms with van der Waals surface area (Å²) in [6.07, 6.45) is 1.85. The number of thiophene rings is 1. The number of rotatable bonds is 5. The lowest BCUT2D eigenvalue weighted by atomic mass is 10.1. The maximum absolute atomic E-state index is 12.5. The SMILES string of the molecule is CSc1ccc([N+](=O)[O-])c(C(=O)N(C)Cc2ccc(Cl)s2)c1. The molecule has 0 spiro atoms. The van der Waals surface area contributed by atoms with Crippen LogP contribution in [0.5, 0.6) is 0 Å². The van der Waals surface area contributed by atoms with Crippen molar-refractivity contribution in [3.63, 3.8) is 0 Å². The van der Waals surface area contributed by atoms with Crippen LogP contribution in [0.15, 0.2) is 35.2 Å². The van der Waals surface area contributed by atoms with Crippen molar-refractivity contribution < 1.29 is 9.72 Å². The largest absolute Gasteiger partial charge is 0.336 e. The van der Waals surface area contributed by atoms with Crippen LogP contribution in [0.4, 0.5) is 5.69 Å². The van der Waals surface area contributed by atoms with E-state index in [4.69, 9.17) is 11.6 Å². The lowest BCUT2D eigenvalue weighted by Crippen LogP contribution is -2.26. The van der Waals surface area contributed by atoms with Gasteiger partial charge < -0.3 is 4.90 Å². The van der Waals surface area contributed by atoms with Gasteiger partial charge in [0, 0.05) is 22.9 Å². The number of halogens is 1. The van der Waals surface area contributed by atoms with Crippen molar-refractivity contribution in [1.29, 1.82) is 0 Å². The first kappa shape index (κ1) is 16.8. The predicted molar refractivity (Wildman–Crippen MR) is 90.0 cm³/mol. The lowest BCUT2D eigenvalue weighted by molar-refractivity contribution is -0.385. The average Bonchev–Trinajstić information content (AvgIpc) is 2.90. The third kappa shape index (κ3) is 3.79. The number of amides is 1. The molecule has 0 aliphatic carbocycles. The Labute approximate surface area is 141 Å². The monoisotopic (exact) mass is 356 g/mol. The summed E-state index contributed by atoms with van der Waals surface area (Å²) in [6.45, 7) is 0.358. The van der Waals surface area contributed by atoms with Crippen molar-refractivity contribution >= 4 is 46.3 Å². The van der Waals surface area contributed by atoms with Crippen LogP contribution in [0.25, 0.3) is 0 Å². The summed E-state index contributed by atoms with van der Waals surface area (Å²) in [4.78, 5) is 26.3. The Kier molecular flexibility index (Phi) is 5.44. The van der Waals surface area contributed by atoms with Gasteiger partial charge in [0.05, 0.1) is 15.8 Å². The maximum Gasteiger partial charge on any atom is 0.282 e. The van der Waals surface area contributed by atoms with E-state index < -0.39 is 4.92 Å². The molecule has 0 N–H and O–H groups in total. The molecule has 1 amide bonds. The van der Waals surface area contributed by atoms with Gasteiger partial charge in [-0.25, -0.2) is 0 Å². The zero-order chi connectivity index (χ0) is 16.3. The fourth-order valence-electron chi connectivity index (χ4n) is 1.92. The van der Waals surface area contributed by atoms with Gasteiger partial charge in [0.25, 0.3) is 11.6 Å². The third-order valence-corrected chi connectivity index (χ3v) is 4.94. The standard InChI is InChI=1S/C14H13ClN2O3S2/c1-16(8-10-4-6-13(15)22-10)14(18)11-7-9(21-2)3-5-12(11)17(19)20/h3-7H,8H2,1-2H3. The predicted octanol–water partition coefficient (Wildman–Crippen LogP) is 4.30. The van der Waals surface area contributed by atoms with E-state index in [1.165, 1.54) is 34.1 Å². The fourth-order valence-corrected chi connectivity index (χ4v) is 3.50. The minimum atomic E-state index is -0.535. The van der Waals surface area contributed by atoms with E-state index in [2.05, 4.69) is 0 Å². The molecule has 0 fully saturated rings. The molecule has 0 aliphatic rings. The summed E-state index contributed by atoms with van der Waals surface area (Å²) < 4.78 is 0.645. The third-order valence-electron chi connectivity index (χ3n) is 3.00. The Bertz CT molecular complexity index is 718. The first-order chi connectivity index (χ1) is 10.4. The highest BCUT2D eigenvalue weighted by atomic mass is 35.5. The second-order valence-electron chi connectivity index (χ2n) is 4.51.